The Kier molecular flexibility index (Phi) is 5.73. The van der Waals surface area contributed by atoms with Gasteiger partial charge in [-0.15, -0.1) is 0 Å². The first-order valence-electron chi connectivity index (χ1n) is 5.93. The number of nitrogens with one attached hydrogen (secondary N) is 1. The number of aliphatic hydroxyl groups excluding tert-OH is 1. The minimum atomic E-state index is -3.41. The maximum absolute atomic E-state index is 11.9. The van der Waals surface area contributed by atoms with Gasteiger partial charge in [-0.3, -0.25) is 0 Å². The van der Waals surface area contributed by atoms with E-state index >= 15 is 0 Å². The molecule has 19 heavy (non-hydrogen) atoms. The topological polar surface area (TPSA) is 79.3 Å². The monoisotopic (exact) mass is 306 g/mol. The fourth-order valence-electron chi connectivity index (χ4n) is 1.46. The Hall–Kier alpha value is -0.690. The van der Waals surface area contributed by atoms with Gasteiger partial charge in [-0.25, -0.2) is 18.1 Å². The molecule has 1 aromatic heterocycles. The molecule has 0 aliphatic carbocycles. The second kappa shape index (κ2) is 6.65. The van der Waals surface area contributed by atoms with Crippen LogP contribution >= 0.6 is 11.6 Å². The molecule has 0 unspecified atom stereocenters. The van der Waals surface area contributed by atoms with Crippen LogP contribution in [-0.2, 0) is 15.8 Å². The van der Waals surface area contributed by atoms with Gasteiger partial charge in [0, 0.05) is 19.3 Å². The second-order valence-corrected chi connectivity index (χ2v) is 7.40. The van der Waals surface area contributed by atoms with Crippen molar-refractivity contribution in [1.29, 1.82) is 0 Å². The van der Waals surface area contributed by atoms with Gasteiger partial charge >= 0.3 is 0 Å². The molecule has 0 radical (unpaired) electrons. The molecule has 1 aromatic rings. The summed E-state index contributed by atoms with van der Waals surface area (Å²) in [5.41, 5.74) is 0.303. The van der Waals surface area contributed by atoms with Gasteiger partial charge in [0.25, 0.3) is 0 Å². The van der Waals surface area contributed by atoms with Crippen LogP contribution in [0, 0.1) is 5.41 Å². The van der Waals surface area contributed by atoms with E-state index in [9.17, 15) is 8.42 Å². The lowest BCUT2D eigenvalue weighted by molar-refractivity contribution is 0.213. The molecule has 0 spiro atoms. The molecule has 0 saturated heterocycles. The van der Waals surface area contributed by atoms with Crippen LogP contribution in [0.4, 0.5) is 0 Å². The number of rotatable bonds is 7. The average Bonchev–Trinajstić information content (AvgIpc) is 2.30. The zero-order valence-corrected chi connectivity index (χ0v) is 12.6. The van der Waals surface area contributed by atoms with Crippen molar-refractivity contribution in [2.75, 3.05) is 13.2 Å². The summed E-state index contributed by atoms with van der Waals surface area (Å²) in [6.07, 6.45) is 1.98. The number of sulfonamides is 1. The maximum atomic E-state index is 11.9. The van der Waals surface area contributed by atoms with E-state index in [1.807, 2.05) is 13.8 Å². The molecule has 0 aliphatic heterocycles. The van der Waals surface area contributed by atoms with Crippen molar-refractivity contribution in [3.05, 3.63) is 29.0 Å². The molecule has 108 valence electrons. The summed E-state index contributed by atoms with van der Waals surface area (Å²) in [4.78, 5) is 3.84. The van der Waals surface area contributed by atoms with Gasteiger partial charge in [-0.2, -0.15) is 0 Å². The van der Waals surface area contributed by atoms with Crippen molar-refractivity contribution < 1.29 is 13.5 Å². The summed E-state index contributed by atoms with van der Waals surface area (Å²) in [6.45, 7) is 4.12. The quantitative estimate of drug-likeness (QED) is 0.749. The van der Waals surface area contributed by atoms with Crippen molar-refractivity contribution in [1.82, 2.24) is 9.71 Å². The summed E-state index contributed by atoms with van der Waals surface area (Å²) in [6, 6.07) is 3.19. The number of hydrogen-bond donors (Lipinski definition) is 2. The molecular formula is C12H19ClN2O3S. The Labute approximate surface area is 119 Å². The van der Waals surface area contributed by atoms with Gasteiger partial charge in [0.2, 0.25) is 10.0 Å². The third-order valence-electron chi connectivity index (χ3n) is 2.70. The van der Waals surface area contributed by atoms with Crippen LogP contribution in [0.2, 0.25) is 5.15 Å². The fourth-order valence-corrected chi connectivity index (χ4v) is 2.89. The van der Waals surface area contributed by atoms with Crippen LogP contribution in [0.3, 0.4) is 0 Å². The fraction of sp³-hybridized carbons (Fsp3) is 0.583. The van der Waals surface area contributed by atoms with Crippen molar-refractivity contribution in [2.24, 2.45) is 5.41 Å². The number of nitrogens with zero attached hydrogens (tertiary/aromatic N) is 1. The van der Waals surface area contributed by atoms with E-state index in [2.05, 4.69) is 9.71 Å². The van der Waals surface area contributed by atoms with Crippen molar-refractivity contribution in [2.45, 2.75) is 26.0 Å². The highest BCUT2D eigenvalue weighted by atomic mass is 35.5. The van der Waals surface area contributed by atoms with Crippen LogP contribution in [0.5, 0.6) is 0 Å². The molecule has 0 atom stereocenters. The first kappa shape index (κ1) is 16.4. The van der Waals surface area contributed by atoms with Gasteiger partial charge in [0.1, 0.15) is 5.15 Å². The molecule has 0 aliphatic rings. The Morgan fingerprint density at radius 3 is 2.63 bits per heavy atom. The van der Waals surface area contributed by atoms with Crippen LogP contribution in [0.15, 0.2) is 18.3 Å². The molecule has 1 rings (SSSR count). The highest BCUT2D eigenvalue weighted by molar-refractivity contribution is 7.88. The summed E-state index contributed by atoms with van der Waals surface area (Å²) in [7, 11) is -3.41. The van der Waals surface area contributed by atoms with E-state index in [1.54, 1.807) is 12.1 Å². The molecule has 0 saturated carbocycles. The molecule has 0 amide bonds. The van der Waals surface area contributed by atoms with E-state index in [-0.39, 0.29) is 24.3 Å². The predicted molar refractivity (Wildman–Crippen MR) is 75.4 cm³/mol. The first-order valence-corrected chi connectivity index (χ1v) is 7.96. The minimum absolute atomic E-state index is 0.0375. The van der Waals surface area contributed by atoms with E-state index in [4.69, 9.17) is 16.7 Å². The van der Waals surface area contributed by atoms with Gasteiger partial charge < -0.3 is 5.11 Å². The average molecular weight is 307 g/mol. The lowest BCUT2D eigenvalue weighted by Gasteiger charge is -2.23. The lowest BCUT2D eigenvalue weighted by atomic mass is 9.90. The number of pyridine rings is 1. The van der Waals surface area contributed by atoms with Crippen molar-refractivity contribution in [3.8, 4) is 0 Å². The van der Waals surface area contributed by atoms with Gasteiger partial charge in [0.15, 0.2) is 0 Å². The van der Waals surface area contributed by atoms with E-state index in [0.29, 0.717) is 17.1 Å². The van der Waals surface area contributed by atoms with Crippen LogP contribution in [0.25, 0.3) is 0 Å². The Bertz CT molecular complexity index is 500. The van der Waals surface area contributed by atoms with E-state index in [0.717, 1.165) is 0 Å². The smallest absolute Gasteiger partial charge is 0.215 e. The molecule has 0 fully saturated rings. The van der Waals surface area contributed by atoms with E-state index in [1.165, 1.54) is 6.20 Å². The molecule has 0 bridgehead atoms. The van der Waals surface area contributed by atoms with Gasteiger partial charge in [-0.05, 0) is 23.5 Å². The second-order valence-electron chi connectivity index (χ2n) is 5.21. The molecular weight excluding hydrogens is 288 g/mol. The largest absolute Gasteiger partial charge is 0.396 e. The highest BCUT2D eigenvalue weighted by Gasteiger charge is 2.21. The highest BCUT2D eigenvalue weighted by Crippen LogP contribution is 2.18. The van der Waals surface area contributed by atoms with Crippen molar-refractivity contribution in [3.63, 3.8) is 0 Å². The van der Waals surface area contributed by atoms with Gasteiger partial charge in [-0.1, -0.05) is 31.5 Å². The molecule has 2 N–H and O–H groups in total. The number of aromatic nitrogens is 1. The summed E-state index contributed by atoms with van der Waals surface area (Å²) >= 11 is 5.64. The molecule has 1 heterocycles. The predicted octanol–water partition coefficient (Wildman–Crippen LogP) is 1.56. The summed E-state index contributed by atoms with van der Waals surface area (Å²) in [5.74, 6) is -0.133. The first-order chi connectivity index (χ1) is 8.74. The SMILES string of the molecule is CC(C)(CCO)CNS(=O)(=O)Cc1ccc(Cl)nc1. The third-order valence-corrected chi connectivity index (χ3v) is 4.23. The lowest BCUT2D eigenvalue weighted by Crippen LogP contribution is -2.35. The summed E-state index contributed by atoms with van der Waals surface area (Å²) < 4.78 is 26.4. The van der Waals surface area contributed by atoms with Crippen LogP contribution in [0.1, 0.15) is 25.8 Å². The zero-order chi connectivity index (χ0) is 14.5. The zero-order valence-electron chi connectivity index (χ0n) is 11.1. The molecule has 7 heteroatoms. The van der Waals surface area contributed by atoms with Crippen molar-refractivity contribution >= 4 is 21.6 Å². The Morgan fingerprint density at radius 1 is 1.42 bits per heavy atom. The normalized spacial score (nSPS) is 12.6. The van der Waals surface area contributed by atoms with Crippen LogP contribution in [-0.4, -0.2) is 31.7 Å². The third kappa shape index (κ3) is 6.33. The molecule has 0 aromatic carbocycles. The molecule has 5 nitrogen and oxygen atoms in total. The summed E-state index contributed by atoms with van der Waals surface area (Å²) in [5, 5.41) is 9.23. The number of aliphatic hydroxyl groups is 1. The Morgan fingerprint density at radius 2 is 2.11 bits per heavy atom. The standard InChI is InChI=1S/C12H19ClN2O3S/c1-12(2,5-6-16)9-15-19(17,18)8-10-3-4-11(13)14-7-10/h3-4,7,15-16H,5-6,8-9H2,1-2H3. The Balaban J connectivity index is 2.59. The van der Waals surface area contributed by atoms with E-state index < -0.39 is 10.0 Å². The number of hydrogen-bond acceptors (Lipinski definition) is 4. The van der Waals surface area contributed by atoms with Gasteiger partial charge in [0.05, 0.1) is 5.75 Å². The van der Waals surface area contributed by atoms with Crippen LogP contribution < -0.4 is 4.72 Å². The minimum Gasteiger partial charge on any atom is -0.396 e. The number of halogens is 1. The maximum Gasteiger partial charge on any atom is 0.215 e.